The number of aromatic nitrogens is 4. The molecule has 4 fully saturated rings. The fraction of sp³-hybridized carbons (Fsp3) is 0.391. The van der Waals surface area contributed by atoms with Gasteiger partial charge >= 0.3 is 11.4 Å². The van der Waals surface area contributed by atoms with Crippen molar-refractivity contribution in [2.75, 3.05) is 64.1 Å². The third-order valence-electron chi connectivity index (χ3n) is 12.6. The van der Waals surface area contributed by atoms with E-state index in [1.54, 1.807) is 6.07 Å². The molecule has 2 atom stereocenters. The van der Waals surface area contributed by atoms with Gasteiger partial charge in [-0.3, -0.25) is 20.2 Å². The highest BCUT2D eigenvalue weighted by atomic mass is 35.5. The average molecular weight is 996 g/mol. The molecule has 364 valence electrons. The Labute approximate surface area is 403 Å². The zero-order valence-electron chi connectivity index (χ0n) is 37.3. The number of piperidine rings is 2. The lowest BCUT2D eigenvalue weighted by Crippen LogP contribution is -2.42. The smallest absolute Gasteiger partial charge is 0.311 e. The number of aliphatic hydroxyl groups is 1. The Hall–Kier alpha value is -6.07. The van der Waals surface area contributed by atoms with Gasteiger partial charge in [0.15, 0.2) is 5.75 Å². The van der Waals surface area contributed by atoms with E-state index in [0.717, 1.165) is 76.5 Å². The van der Waals surface area contributed by atoms with Crippen LogP contribution in [0.2, 0.25) is 10.0 Å². The molecular weight excluding hydrogens is 948 g/mol. The van der Waals surface area contributed by atoms with Crippen molar-refractivity contribution in [1.82, 2.24) is 29.7 Å². The summed E-state index contributed by atoms with van der Waals surface area (Å²) in [6, 6.07) is 13.0. The van der Waals surface area contributed by atoms with Crippen LogP contribution in [0.15, 0.2) is 73.3 Å². The topological polar surface area (TPSA) is 216 Å². The first-order chi connectivity index (χ1) is 33.0. The molecular formula is C46H47Cl2F3N10O8. The minimum Gasteiger partial charge on any atom is -0.481 e. The average Bonchev–Trinajstić information content (AvgIpc) is 3.89. The number of nitro benzene ring substituents is 2. The largest absolute Gasteiger partial charge is 0.481 e. The lowest BCUT2D eigenvalue weighted by atomic mass is 9.88. The van der Waals surface area contributed by atoms with Gasteiger partial charge in [-0.15, -0.1) is 0 Å². The summed E-state index contributed by atoms with van der Waals surface area (Å²) in [4.78, 5) is 42.3. The van der Waals surface area contributed by atoms with E-state index in [1.165, 1.54) is 49.1 Å². The molecule has 4 aliphatic rings. The number of aliphatic hydroxyl groups excluding tert-OH is 1. The Morgan fingerprint density at radius 2 is 1.16 bits per heavy atom. The maximum Gasteiger partial charge on any atom is 0.311 e. The van der Waals surface area contributed by atoms with E-state index in [1.807, 2.05) is 0 Å². The number of hydrogen-bond donors (Lipinski definition) is 3. The molecule has 2 aromatic heterocycles. The van der Waals surface area contributed by atoms with Crippen LogP contribution in [0.4, 0.5) is 47.6 Å². The number of nitro groups is 2. The summed E-state index contributed by atoms with van der Waals surface area (Å²) in [7, 11) is 4.22. The second-order valence-corrected chi connectivity index (χ2v) is 18.3. The van der Waals surface area contributed by atoms with Crippen molar-refractivity contribution in [3.8, 4) is 5.75 Å². The van der Waals surface area contributed by atoms with Gasteiger partial charge in [0.05, 0.1) is 72.2 Å². The summed E-state index contributed by atoms with van der Waals surface area (Å²) < 4.78 is 58.2. The molecule has 0 saturated carbocycles. The third kappa shape index (κ3) is 11.7. The highest BCUT2D eigenvalue weighted by Gasteiger charge is 2.44. The SMILES string of the molecule is CN1CCC2(CC1)CC(O)CO2.CN1CCC2(CC1)CC(Oc1cc3ncnc(Nc4ccc(F)c(Cl)c4)c3cc1[N+](=O)[O-])CO2.O=[N+]([O-])c1cc2c(Nc3ccc(F)c(Cl)c3)ncnc2cc1F. The molecule has 4 aromatic carbocycles. The van der Waals surface area contributed by atoms with Gasteiger partial charge < -0.3 is 39.8 Å². The third-order valence-corrected chi connectivity index (χ3v) is 13.2. The van der Waals surface area contributed by atoms with Crippen molar-refractivity contribution < 1.29 is 42.3 Å². The number of fused-ring (bicyclic) bond motifs is 2. The lowest BCUT2D eigenvalue weighted by Gasteiger charge is -2.36. The zero-order chi connectivity index (χ0) is 49.0. The molecule has 6 aromatic rings. The standard InChI is InChI=1S/C23H23ClFN5O4.C14H7ClF2N4O2.C9H17NO2/c1-29-6-4-23(5-7-29)11-15(12-33-23)34-21-10-19-16(9-20(21)30(31)32)22(27-13-26-19)28-14-2-3-18(25)17(24)8-14;15-9-3-7(1-2-10(9)16)20-14-8-4-13(21(22)23)11(17)5-12(8)18-6-19-14;1-10-4-2-9(3-5-10)6-8(11)7-12-9/h2-3,8-10,13,15H,4-7,11-12H2,1H3,(H,26,27,28);1-6H,(H,18,19,20);8,11H,2-7H2,1H3. The summed E-state index contributed by atoms with van der Waals surface area (Å²) in [5.41, 5.74) is 0.506. The summed E-state index contributed by atoms with van der Waals surface area (Å²) >= 11 is 11.6. The van der Waals surface area contributed by atoms with Crippen LogP contribution in [-0.4, -0.2) is 122 Å². The summed E-state index contributed by atoms with van der Waals surface area (Å²) in [5, 5.41) is 38.5. The number of ether oxygens (including phenoxy) is 3. The molecule has 0 amide bonds. The normalized spacial score (nSPS) is 19.7. The number of hydrogen-bond acceptors (Lipinski definition) is 16. The van der Waals surface area contributed by atoms with E-state index in [0.29, 0.717) is 47.7 Å². The van der Waals surface area contributed by atoms with Crippen molar-refractivity contribution in [3.05, 3.63) is 121 Å². The highest BCUT2D eigenvalue weighted by molar-refractivity contribution is 6.31. The molecule has 69 heavy (non-hydrogen) atoms. The van der Waals surface area contributed by atoms with Gasteiger partial charge in [0.2, 0.25) is 5.82 Å². The van der Waals surface area contributed by atoms with Crippen molar-refractivity contribution in [3.63, 3.8) is 0 Å². The lowest BCUT2D eigenvalue weighted by molar-refractivity contribution is -0.387. The molecule has 0 radical (unpaired) electrons. The molecule has 23 heteroatoms. The maximum absolute atomic E-state index is 13.6. The Morgan fingerprint density at radius 3 is 1.64 bits per heavy atom. The van der Waals surface area contributed by atoms with Crippen LogP contribution in [0.5, 0.6) is 5.75 Å². The molecule has 2 unspecified atom stereocenters. The minimum absolute atomic E-state index is 0.0337. The van der Waals surface area contributed by atoms with Crippen LogP contribution in [0.25, 0.3) is 21.8 Å². The van der Waals surface area contributed by atoms with Gasteiger partial charge in [-0.2, -0.15) is 4.39 Å². The highest BCUT2D eigenvalue weighted by Crippen LogP contribution is 2.41. The first-order valence-corrected chi connectivity index (χ1v) is 22.7. The van der Waals surface area contributed by atoms with Gasteiger partial charge in [-0.1, -0.05) is 23.2 Å². The van der Waals surface area contributed by atoms with Crippen LogP contribution in [0.3, 0.4) is 0 Å². The van der Waals surface area contributed by atoms with Gasteiger partial charge in [0.25, 0.3) is 0 Å². The van der Waals surface area contributed by atoms with E-state index < -0.39 is 33.0 Å². The van der Waals surface area contributed by atoms with Crippen LogP contribution in [-0.2, 0) is 9.47 Å². The second-order valence-electron chi connectivity index (χ2n) is 17.5. The van der Waals surface area contributed by atoms with E-state index in [9.17, 15) is 38.5 Å². The molecule has 6 heterocycles. The number of benzene rings is 4. The van der Waals surface area contributed by atoms with Crippen LogP contribution >= 0.6 is 23.2 Å². The van der Waals surface area contributed by atoms with Crippen molar-refractivity contribution in [1.29, 1.82) is 0 Å². The first-order valence-electron chi connectivity index (χ1n) is 21.9. The van der Waals surface area contributed by atoms with E-state index in [2.05, 4.69) is 54.5 Å². The predicted molar refractivity (Wildman–Crippen MR) is 252 cm³/mol. The fourth-order valence-corrected chi connectivity index (χ4v) is 9.12. The molecule has 18 nitrogen and oxygen atoms in total. The van der Waals surface area contributed by atoms with Gasteiger partial charge in [-0.05, 0) is 76.2 Å². The van der Waals surface area contributed by atoms with Crippen LogP contribution in [0, 0.1) is 37.7 Å². The number of nitrogens with one attached hydrogen (secondary N) is 2. The zero-order valence-corrected chi connectivity index (χ0v) is 38.9. The molecule has 4 saturated heterocycles. The van der Waals surface area contributed by atoms with Crippen molar-refractivity contribution in [2.24, 2.45) is 0 Å². The van der Waals surface area contributed by atoms with Gasteiger partial charge in [0, 0.05) is 74.7 Å². The number of rotatable bonds is 8. The number of nitrogens with zero attached hydrogens (tertiary/aromatic N) is 8. The monoisotopic (exact) mass is 994 g/mol. The Kier molecular flexibility index (Phi) is 14.9. The number of anilines is 4. The number of halogens is 5. The quantitative estimate of drug-likeness (QED) is 0.0957. The predicted octanol–water partition coefficient (Wildman–Crippen LogP) is 9.15. The van der Waals surface area contributed by atoms with Crippen LogP contribution < -0.4 is 15.4 Å². The van der Waals surface area contributed by atoms with Gasteiger partial charge in [0.1, 0.15) is 42.0 Å². The minimum atomic E-state index is -0.989. The Morgan fingerprint density at radius 1 is 0.681 bits per heavy atom. The summed E-state index contributed by atoms with van der Waals surface area (Å²) in [6.07, 6.45) is 7.57. The first kappa shape index (κ1) is 49.4. The van der Waals surface area contributed by atoms with E-state index >= 15 is 0 Å². The maximum atomic E-state index is 13.6. The molecule has 0 bridgehead atoms. The van der Waals surface area contributed by atoms with Crippen molar-refractivity contribution >= 4 is 79.4 Å². The molecule has 2 spiro atoms. The van der Waals surface area contributed by atoms with E-state index in [4.69, 9.17) is 37.4 Å². The number of likely N-dealkylation sites (tertiary alicyclic amines) is 2. The van der Waals surface area contributed by atoms with E-state index in [-0.39, 0.29) is 61.6 Å². The summed E-state index contributed by atoms with van der Waals surface area (Å²) in [5.74, 6) is -1.43. The van der Waals surface area contributed by atoms with Crippen LogP contribution in [0.1, 0.15) is 38.5 Å². The Balaban J connectivity index is 0.000000157. The molecule has 0 aliphatic carbocycles. The second kappa shape index (κ2) is 20.9. The molecule has 10 rings (SSSR count). The Bertz CT molecular complexity index is 2880. The molecule has 3 N–H and O–H groups in total. The molecule has 4 aliphatic heterocycles. The van der Waals surface area contributed by atoms with Gasteiger partial charge in [-0.25, -0.2) is 28.7 Å². The summed E-state index contributed by atoms with van der Waals surface area (Å²) in [6.45, 7) is 5.05. The van der Waals surface area contributed by atoms with Crippen molar-refractivity contribution in [2.45, 2.75) is 61.9 Å². The fourth-order valence-electron chi connectivity index (χ4n) is 8.76.